The van der Waals surface area contributed by atoms with Gasteiger partial charge >= 0.3 is 0 Å². The summed E-state index contributed by atoms with van der Waals surface area (Å²) in [5.74, 6) is -0.168. The number of halogens is 1. The zero-order valence-electron chi connectivity index (χ0n) is 13.5. The first-order valence-corrected chi connectivity index (χ1v) is 10.4. The maximum Gasteiger partial charge on any atom is 0.243 e. The van der Waals surface area contributed by atoms with Crippen molar-refractivity contribution in [1.82, 2.24) is 4.90 Å². The molecule has 0 atom stereocenters. The zero-order chi connectivity index (χ0) is 17.0. The van der Waals surface area contributed by atoms with E-state index in [-0.39, 0.29) is 18.5 Å². The first-order valence-electron chi connectivity index (χ1n) is 7.78. The van der Waals surface area contributed by atoms with Crippen molar-refractivity contribution >= 4 is 37.5 Å². The third kappa shape index (κ3) is 4.70. The highest BCUT2D eigenvalue weighted by atomic mass is 79.9. The first-order chi connectivity index (χ1) is 10.8. The van der Waals surface area contributed by atoms with Gasteiger partial charge in [0.05, 0.1) is 11.9 Å². The molecule has 0 N–H and O–H groups in total. The molecule has 2 rings (SSSR count). The van der Waals surface area contributed by atoms with E-state index >= 15 is 0 Å². The van der Waals surface area contributed by atoms with Gasteiger partial charge in [-0.25, -0.2) is 8.42 Å². The molecule has 7 heteroatoms. The Morgan fingerprint density at radius 3 is 2.39 bits per heavy atom. The number of nitrogens with zero attached hydrogens (tertiary/aromatic N) is 2. The van der Waals surface area contributed by atoms with Crippen LogP contribution >= 0.6 is 15.9 Å². The van der Waals surface area contributed by atoms with Crippen LogP contribution in [0.5, 0.6) is 0 Å². The standard InChI is InChI=1S/C16H23BrN2O3S/c1-18(13-8-4-3-5-9-13)16(20)12-19(23(2,21)22)15-11-7-6-10-14(15)17/h6-7,10-11,13H,3-5,8-9,12H2,1-2H3. The van der Waals surface area contributed by atoms with Crippen LogP contribution in [0.4, 0.5) is 5.69 Å². The van der Waals surface area contributed by atoms with E-state index in [2.05, 4.69) is 15.9 Å². The summed E-state index contributed by atoms with van der Waals surface area (Å²) in [6.45, 7) is -0.172. The van der Waals surface area contributed by atoms with Crippen LogP contribution in [0, 0.1) is 0 Å². The number of carbonyl (C=O) groups excluding carboxylic acids is 1. The van der Waals surface area contributed by atoms with Gasteiger partial charge in [-0.3, -0.25) is 9.10 Å². The number of benzene rings is 1. The zero-order valence-corrected chi connectivity index (χ0v) is 15.9. The third-order valence-corrected chi connectivity index (χ3v) is 6.11. The second-order valence-electron chi connectivity index (χ2n) is 6.02. The fourth-order valence-corrected chi connectivity index (χ4v) is 4.42. The highest BCUT2D eigenvalue weighted by Crippen LogP contribution is 2.28. The topological polar surface area (TPSA) is 57.7 Å². The van der Waals surface area contributed by atoms with E-state index in [1.165, 1.54) is 10.7 Å². The fraction of sp³-hybridized carbons (Fsp3) is 0.562. The van der Waals surface area contributed by atoms with Crippen molar-refractivity contribution in [2.24, 2.45) is 0 Å². The average molecular weight is 403 g/mol. The van der Waals surface area contributed by atoms with E-state index in [0.29, 0.717) is 10.2 Å². The van der Waals surface area contributed by atoms with Gasteiger partial charge in [-0.15, -0.1) is 0 Å². The van der Waals surface area contributed by atoms with Crippen molar-refractivity contribution in [3.05, 3.63) is 28.7 Å². The second-order valence-corrected chi connectivity index (χ2v) is 8.78. The molecule has 0 radical (unpaired) electrons. The Bertz CT molecular complexity index is 657. The lowest BCUT2D eigenvalue weighted by Gasteiger charge is -2.33. The molecule has 0 unspecified atom stereocenters. The molecule has 1 amide bonds. The minimum absolute atomic E-state index is 0.168. The van der Waals surface area contributed by atoms with Gasteiger partial charge in [-0.1, -0.05) is 31.4 Å². The molecule has 5 nitrogen and oxygen atoms in total. The number of hydrogen-bond acceptors (Lipinski definition) is 3. The van der Waals surface area contributed by atoms with Gasteiger partial charge in [-0.2, -0.15) is 0 Å². The van der Waals surface area contributed by atoms with Gasteiger partial charge in [0.2, 0.25) is 15.9 Å². The summed E-state index contributed by atoms with van der Waals surface area (Å²) >= 11 is 3.36. The Hall–Kier alpha value is -1.08. The molecule has 23 heavy (non-hydrogen) atoms. The van der Waals surface area contributed by atoms with Crippen LogP contribution in [-0.2, 0) is 14.8 Å². The third-order valence-electron chi connectivity index (χ3n) is 4.32. The number of amides is 1. The molecule has 0 saturated heterocycles. The van der Waals surface area contributed by atoms with E-state index < -0.39 is 10.0 Å². The maximum atomic E-state index is 12.6. The van der Waals surface area contributed by atoms with Crippen LogP contribution in [0.1, 0.15) is 32.1 Å². The minimum atomic E-state index is -3.54. The molecule has 1 aliphatic carbocycles. The molecule has 1 aromatic rings. The number of rotatable bonds is 5. The minimum Gasteiger partial charge on any atom is -0.341 e. The molecular formula is C16H23BrN2O3S. The average Bonchev–Trinajstić information content (AvgIpc) is 2.52. The Morgan fingerprint density at radius 2 is 1.83 bits per heavy atom. The first kappa shape index (κ1) is 18.3. The molecule has 0 heterocycles. The molecule has 0 aliphatic heterocycles. The Labute approximate surface area is 146 Å². The quantitative estimate of drug-likeness (QED) is 0.760. The number of hydrogen-bond donors (Lipinski definition) is 0. The Balaban J connectivity index is 2.18. The van der Waals surface area contributed by atoms with Gasteiger partial charge in [-0.05, 0) is 40.9 Å². The van der Waals surface area contributed by atoms with Crippen LogP contribution in [0.25, 0.3) is 0 Å². The maximum absolute atomic E-state index is 12.6. The van der Waals surface area contributed by atoms with Crippen molar-refractivity contribution < 1.29 is 13.2 Å². The van der Waals surface area contributed by atoms with Crippen molar-refractivity contribution in [2.75, 3.05) is 24.2 Å². The van der Waals surface area contributed by atoms with E-state index in [1.54, 1.807) is 30.1 Å². The van der Waals surface area contributed by atoms with Gasteiger partial charge in [0.1, 0.15) is 6.54 Å². The summed E-state index contributed by atoms with van der Waals surface area (Å²) < 4.78 is 26.1. The van der Waals surface area contributed by atoms with Crippen molar-refractivity contribution in [3.8, 4) is 0 Å². The molecular weight excluding hydrogens is 380 g/mol. The van der Waals surface area contributed by atoms with Gasteiger partial charge in [0, 0.05) is 17.6 Å². The van der Waals surface area contributed by atoms with Crippen LogP contribution < -0.4 is 4.31 Å². The van der Waals surface area contributed by atoms with E-state index in [4.69, 9.17) is 0 Å². The van der Waals surface area contributed by atoms with Crippen molar-refractivity contribution in [1.29, 1.82) is 0 Å². The number of sulfonamides is 1. The summed E-state index contributed by atoms with van der Waals surface area (Å²) in [6.07, 6.45) is 6.59. The molecule has 128 valence electrons. The molecule has 1 aliphatic rings. The highest BCUT2D eigenvalue weighted by molar-refractivity contribution is 9.10. The lowest BCUT2D eigenvalue weighted by molar-refractivity contribution is -0.130. The molecule has 0 aromatic heterocycles. The van der Waals surface area contributed by atoms with Crippen LogP contribution in [-0.4, -0.2) is 45.1 Å². The van der Waals surface area contributed by atoms with Crippen molar-refractivity contribution in [2.45, 2.75) is 38.1 Å². The number of carbonyl (C=O) groups is 1. The fourth-order valence-electron chi connectivity index (χ4n) is 2.94. The van der Waals surface area contributed by atoms with Crippen LogP contribution in [0.2, 0.25) is 0 Å². The summed E-state index contributed by atoms with van der Waals surface area (Å²) in [7, 11) is -1.77. The number of likely N-dealkylation sites (N-methyl/N-ethyl adjacent to an activating group) is 1. The second kappa shape index (κ2) is 7.66. The molecule has 1 aromatic carbocycles. The largest absolute Gasteiger partial charge is 0.341 e. The monoisotopic (exact) mass is 402 g/mol. The molecule has 0 bridgehead atoms. The highest BCUT2D eigenvalue weighted by Gasteiger charge is 2.27. The van der Waals surface area contributed by atoms with E-state index in [0.717, 1.165) is 31.9 Å². The SMILES string of the molecule is CN(C(=O)CN(c1ccccc1Br)S(C)(=O)=O)C1CCCCC1. The summed E-state index contributed by atoms with van der Waals surface area (Å²) in [5.41, 5.74) is 0.486. The van der Waals surface area contributed by atoms with Gasteiger partial charge < -0.3 is 4.90 Å². The van der Waals surface area contributed by atoms with E-state index in [9.17, 15) is 13.2 Å². The molecule has 1 saturated carbocycles. The molecule has 1 fully saturated rings. The molecule has 0 spiro atoms. The lowest BCUT2D eigenvalue weighted by atomic mass is 9.94. The Morgan fingerprint density at radius 1 is 1.22 bits per heavy atom. The number of para-hydroxylation sites is 1. The summed E-state index contributed by atoms with van der Waals surface area (Å²) in [4.78, 5) is 14.3. The smallest absolute Gasteiger partial charge is 0.243 e. The van der Waals surface area contributed by atoms with Gasteiger partial charge in [0.15, 0.2) is 0 Å². The number of anilines is 1. The summed E-state index contributed by atoms with van der Waals surface area (Å²) in [5, 5.41) is 0. The van der Waals surface area contributed by atoms with Crippen LogP contribution in [0.15, 0.2) is 28.7 Å². The normalized spacial score (nSPS) is 16.1. The van der Waals surface area contributed by atoms with Crippen molar-refractivity contribution in [3.63, 3.8) is 0 Å². The predicted molar refractivity (Wildman–Crippen MR) is 96.0 cm³/mol. The Kier molecular flexibility index (Phi) is 6.08. The van der Waals surface area contributed by atoms with E-state index in [1.807, 2.05) is 6.07 Å². The summed E-state index contributed by atoms with van der Waals surface area (Å²) in [6, 6.07) is 7.25. The lowest BCUT2D eigenvalue weighted by Crippen LogP contribution is -2.45. The predicted octanol–water partition coefficient (Wildman–Crippen LogP) is 3.01. The van der Waals surface area contributed by atoms with Crippen LogP contribution in [0.3, 0.4) is 0 Å². The van der Waals surface area contributed by atoms with Gasteiger partial charge in [0.25, 0.3) is 0 Å².